The molecule has 2 aromatic rings. The lowest BCUT2D eigenvalue weighted by Crippen LogP contribution is -2.36. The number of nitrogens with zero attached hydrogens (tertiary/aromatic N) is 2. The van der Waals surface area contributed by atoms with E-state index in [0.29, 0.717) is 25.9 Å². The van der Waals surface area contributed by atoms with Crippen molar-refractivity contribution in [2.24, 2.45) is 5.73 Å². The van der Waals surface area contributed by atoms with Gasteiger partial charge >= 0.3 is 0 Å². The first-order chi connectivity index (χ1) is 11.7. The smallest absolute Gasteiger partial charge is 0.249 e. The highest BCUT2D eigenvalue weighted by Gasteiger charge is 2.29. The summed E-state index contributed by atoms with van der Waals surface area (Å²) in [6, 6.07) is 8.00. The van der Waals surface area contributed by atoms with Gasteiger partial charge in [-0.25, -0.2) is 9.07 Å². The van der Waals surface area contributed by atoms with E-state index in [2.05, 4.69) is 10.4 Å². The zero-order chi connectivity index (χ0) is 16.9. The molecule has 0 aliphatic carbocycles. The number of hydrogen-bond donors (Lipinski definition) is 2. The van der Waals surface area contributed by atoms with Crippen LogP contribution in [0.5, 0.6) is 0 Å². The van der Waals surface area contributed by atoms with Gasteiger partial charge in [-0.2, -0.15) is 5.10 Å². The SMILES string of the molecule is Cl.NC[C@H]1CC[C@@H](C(=O)NCCc2ccn(-c3ccc(F)cc3)n2)O1. The van der Waals surface area contributed by atoms with Gasteiger partial charge in [0.1, 0.15) is 11.9 Å². The van der Waals surface area contributed by atoms with Crippen molar-refractivity contribution in [1.82, 2.24) is 15.1 Å². The average Bonchev–Trinajstić information content (AvgIpc) is 3.24. The summed E-state index contributed by atoms with van der Waals surface area (Å²) in [5.41, 5.74) is 7.19. The van der Waals surface area contributed by atoms with Gasteiger partial charge in [-0.05, 0) is 43.2 Å². The van der Waals surface area contributed by atoms with E-state index >= 15 is 0 Å². The van der Waals surface area contributed by atoms with Gasteiger partial charge in [0.2, 0.25) is 5.91 Å². The first-order valence-electron chi connectivity index (χ1n) is 8.09. The highest BCUT2D eigenvalue weighted by atomic mass is 35.5. The largest absolute Gasteiger partial charge is 0.364 e. The lowest BCUT2D eigenvalue weighted by Gasteiger charge is -2.12. The number of carbonyl (C=O) groups is 1. The lowest BCUT2D eigenvalue weighted by molar-refractivity contribution is -0.131. The van der Waals surface area contributed by atoms with E-state index in [1.165, 1.54) is 12.1 Å². The van der Waals surface area contributed by atoms with Crippen LogP contribution < -0.4 is 11.1 Å². The summed E-state index contributed by atoms with van der Waals surface area (Å²) in [5, 5.41) is 7.30. The van der Waals surface area contributed by atoms with Crippen molar-refractivity contribution in [3.63, 3.8) is 0 Å². The third-order valence-corrected chi connectivity index (χ3v) is 4.08. The minimum atomic E-state index is -0.393. The number of halogens is 2. The summed E-state index contributed by atoms with van der Waals surface area (Å²) < 4.78 is 20.2. The van der Waals surface area contributed by atoms with Crippen molar-refractivity contribution in [2.75, 3.05) is 13.1 Å². The Hall–Kier alpha value is -1.96. The third-order valence-electron chi connectivity index (χ3n) is 4.08. The normalized spacial score (nSPS) is 19.4. The van der Waals surface area contributed by atoms with Crippen LogP contribution in [0, 0.1) is 5.82 Å². The van der Waals surface area contributed by atoms with Crippen molar-refractivity contribution in [3.8, 4) is 5.69 Å². The number of nitrogens with two attached hydrogens (primary N) is 1. The van der Waals surface area contributed by atoms with Gasteiger partial charge in [-0.1, -0.05) is 0 Å². The van der Waals surface area contributed by atoms with Crippen LogP contribution >= 0.6 is 12.4 Å². The fraction of sp³-hybridized carbons (Fsp3) is 0.412. The topological polar surface area (TPSA) is 82.2 Å². The molecule has 0 spiro atoms. The first-order valence-corrected chi connectivity index (χ1v) is 8.09. The Balaban J connectivity index is 0.00000225. The molecule has 0 saturated carbocycles. The molecule has 1 amide bonds. The zero-order valence-corrected chi connectivity index (χ0v) is 14.5. The molecule has 3 rings (SSSR count). The van der Waals surface area contributed by atoms with Crippen LogP contribution in [0.2, 0.25) is 0 Å². The highest BCUT2D eigenvalue weighted by molar-refractivity contribution is 5.85. The van der Waals surface area contributed by atoms with E-state index in [-0.39, 0.29) is 30.2 Å². The summed E-state index contributed by atoms with van der Waals surface area (Å²) in [5.74, 6) is -0.372. The summed E-state index contributed by atoms with van der Waals surface area (Å²) in [6.45, 7) is 0.941. The molecule has 1 aliphatic rings. The quantitative estimate of drug-likeness (QED) is 0.811. The molecule has 1 aromatic carbocycles. The molecule has 0 bridgehead atoms. The predicted octanol–water partition coefficient (Wildman–Crippen LogP) is 1.60. The maximum Gasteiger partial charge on any atom is 0.249 e. The summed E-state index contributed by atoms with van der Waals surface area (Å²) in [6.07, 6.45) is 3.58. The van der Waals surface area contributed by atoms with Gasteiger partial charge in [0, 0.05) is 25.7 Å². The predicted molar refractivity (Wildman–Crippen MR) is 94.4 cm³/mol. The van der Waals surface area contributed by atoms with Crippen LogP contribution in [0.3, 0.4) is 0 Å². The molecule has 3 N–H and O–H groups in total. The average molecular weight is 369 g/mol. The van der Waals surface area contributed by atoms with Gasteiger partial charge in [0.25, 0.3) is 0 Å². The summed E-state index contributed by atoms with van der Waals surface area (Å²) in [4.78, 5) is 12.0. The first kappa shape index (κ1) is 19.4. The van der Waals surface area contributed by atoms with Gasteiger partial charge in [0.05, 0.1) is 17.5 Å². The molecule has 25 heavy (non-hydrogen) atoms. The Kier molecular flexibility index (Phi) is 6.92. The van der Waals surface area contributed by atoms with E-state index < -0.39 is 6.10 Å². The summed E-state index contributed by atoms with van der Waals surface area (Å²) in [7, 11) is 0. The Bertz CT molecular complexity index is 692. The molecular formula is C17H22ClFN4O2. The maximum atomic E-state index is 12.9. The Labute approximate surface area is 151 Å². The third kappa shape index (κ3) is 5.01. The molecule has 0 unspecified atom stereocenters. The van der Waals surface area contributed by atoms with Crippen molar-refractivity contribution >= 4 is 18.3 Å². The van der Waals surface area contributed by atoms with Gasteiger partial charge in [0.15, 0.2) is 0 Å². The van der Waals surface area contributed by atoms with Crippen LogP contribution in [0.4, 0.5) is 4.39 Å². The van der Waals surface area contributed by atoms with Crippen molar-refractivity contribution < 1.29 is 13.9 Å². The fourth-order valence-electron chi connectivity index (χ4n) is 2.73. The second-order valence-electron chi connectivity index (χ2n) is 5.83. The fourth-order valence-corrected chi connectivity index (χ4v) is 2.73. The van der Waals surface area contributed by atoms with Crippen LogP contribution in [0.1, 0.15) is 18.5 Å². The Morgan fingerprint density at radius 1 is 1.32 bits per heavy atom. The van der Waals surface area contributed by atoms with Crippen molar-refractivity contribution in [2.45, 2.75) is 31.5 Å². The van der Waals surface area contributed by atoms with Crippen LogP contribution in [0.25, 0.3) is 5.69 Å². The molecule has 1 saturated heterocycles. The minimum Gasteiger partial charge on any atom is -0.364 e. The molecule has 6 nitrogen and oxygen atoms in total. The number of ether oxygens (including phenoxy) is 1. The summed E-state index contributed by atoms with van der Waals surface area (Å²) >= 11 is 0. The van der Waals surface area contributed by atoms with Crippen LogP contribution in [-0.4, -0.2) is 41.0 Å². The van der Waals surface area contributed by atoms with E-state index in [4.69, 9.17) is 10.5 Å². The molecule has 1 fully saturated rings. The van der Waals surface area contributed by atoms with E-state index in [1.807, 2.05) is 12.3 Å². The highest BCUT2D eigenvalue weighted by Crippen LogP contribution is 2.18. The maximum absolute atomic E-state index is 12.9. The zero-order valence-electron chi connectivity index (χ0n) is 13.7. The molecule has 2 heterocycles. The lowest BCUT2D eigenvalue weighted by atomic mass is 10.2. The Morgan fingerprint density at radius 2 is 2.08 bits per heavy atom. The molecule has 2 atom stereocenters. The van der Waals surface area contributed by atoms with E-state index in [0.717, 1.165) is 17.8 Å². The number of aromatic nitrogens is 2. The number of benzene rings is 1. The number of amides is 1. The van der Waals surface area contributed by atoms with Crippen molar-refractivity contribution in [3.05, 3.63) is 48.0 Å². The van der Waals surface area contributed by atoms with Gasteiger partial charge in [-0.15, -0.1) is 12.4 Å². The number of rotatable bonds is 6. The standard InChI is InChI=1S/C17H21FN4O2.ClH/c18-12-1-3-14(4-2-12)22-10-8-13(21-22)7-9-20-17(23)16-6-5-15(11-19)24-16;/h1-4,8,10,15-16H,5-7,9,11,19H2,(H,20,23);1H/t15-,16+;/m1./s1. The Morgan fingerprint density at radius 3 is 2.76 bits per heavy atom. The number of nitrogens with one attached hydrogen (secondary N) is 1. The molecule has 1 aliphatic heterocycles. The molecule has 8 heteroatoms. The van der Waals surface area contributed by atoms with Crippen molar-refractivity contribution in [1.29, 1.82) is 0 Å². The molecular weight excluding hydrogens is 347 g/mol. The van der Waals surface area contributed by atoms with Crippen LogP contribution in [-0.2, 0) is 16.0 Å². The molecule has 136 valence electrons. The molecule has 1 aromatic heterocycles. The minimum absolute atomic E-state index is 0. The monoisotopic (exact) mass is 368 g/mol. The second kappa shape index (κ2) is 8.94. The van der Waals surface area contributed by atoms with Gasteiger partial charge < -0.3 is 15.8 Å². The van der Waals surface area contributed by atoms with Gasteiger partial charge in [-0.3, -0.25) is 4.79 Å². The van der Waals surface area contributed by atoms with E-state index in [1.54, 1.807) is 16.8 Å². The van der Waals surface area contributed by atoms with Crippen LogP contribution in [0.15, 0.2) is 36.5 Å². The molecule has 0 radical (unpaired) electrons. The van der Waals surface area contributed by atoms with E-state index in [9.17, 15) is 9.18 Å². The number of carbonyl (C=O) groups excluding carboxylic acids is 1. The second-order valence-corrected chi connectivity index (χ2v) is 5.83. The number of hydrogen-bond acceptors (Lipinski definition) is 4.